The van der Waals surface area contributed by atoms with Crippen molar-refractivity contribution in [1.82, 2.24) is 0 Å². The minimum absolute atomic E-state index is 0.00597. The molecule has 0 aliphatic rings. The van der Waals surface area contributed by atoms with Crippen molar-refractivity contribution in [3.05, 3.63) is 53.6 Å². The summed E-state index contributed by atoms with van der Waals surface area (Å²) < 4.78 is 12.1. The van der Waals surface area contributed by atoms with Crippen LogP contribution in [0, 0.1) is 16.2 Å². The van der Waals surface area contributed by atoms with E-state index in [1.807, 2.05) is 6.92 Å². The van der Waals surface area contributed by atoms with E-state index in [0.717, 1.165) is 53.1 Å². The van der Waals surface area contributed by atoms with Gasteiger partial charge in [0.15, 0.2) is 0 Å². The van der Waals surface area contributed by atoms with E-state index in [0.29, 0.717) is 19.3 Å². The number of fused-ring (bicyclic) bond motifs is 1. The van der Waals surface area contributed by atoms with Crippen molar-refractivity contribution in [2.75, 3.05) is 12.4 Å². The Hall–Kier alpha value is -2.28. The van der Waals surface area contributed by atoms with Crippen LogP contribution >= 0.6 is 11.8 Å². The molecule has 3 rings (SSSR count). The van der Waals surface area contributed by atoms with E-state index in [9.17, 15) is 15.0 Å². The van der Waals surface area contributed by atoms with E-state index in [-0.39, 0.29) is 23.4 Å². The number of benzene rings is 2. The van der Waals surface area contributed by atoms with Crippen LogP contribution in [-0.4, -0.2) is 40.8 Å². The molecule has 2 N–H and O–H groups in total. The molecule has 0 amide bonds. The summed E-state index contributed by atoms with van der Waals surface area (Å²) in [5.74, 6) is 1.56. The maximum Gasteiger partial charge on any atom is 0.312 e. The summed E-state index contributed by atoms with van der Waals surface area (Å²) in [7, 11) is 0. The number of rotatable bonds is 18. The first-order chi connectivity index (χ1) is 22.1. The van der Waals surface area contributed by atoms with Crippen molar-refractivity contribution in [3.8, 4) is 11.3 Å². The van der Waals surface area contributed by atoms with Gasteiger partial charge in [0.05, 0.1) is 24.2 Å². The number of carbonyl (C=O) groups is 1. The van der Waals surface area contributed by atoms with Gasteiger partial charge in [0.25, 0.3) is 0 Å². The number of aliphatic hydroxyl groups is 2. The van der Waals surface area contributed by atoms with Crippen molar-refractivity contribution >= 4 is 28.7 Å². The van der Waals surface area contributed by atoms with Gasteiger partial charge in [0.1, 0.15) is 11.3 Å². The van der Waals surface area contributed by atoms with Crippen molar-refractivity contribution in [3.63, 3.8) is 0 Å². The Labute approximate surface area is 289 Å². The summed E-state index contributed by atoms with van der Waals surface area (Å²) in [5, 5.41) is 22.2. The molecule has 0 aliphatic carbocycles. The fraction of sp³-hybridized carbons (Fsp3) is 0.634. The van der Waals surface area contributed by atoms with E-state index in [4.69, 9.17) is 9.15 Å². The number of aliphatic hydroxyl groups excluding tert-OH is 2. The number of ether oxygens (including phenoxy) is 1. The largest absolute Gasteiger partial charge is 0.465 e. The second kappa shape index (κ2) is 17.4. The summed E-state index contributed by atoms with van der Waals surface area (Å²) >= 11 is 1.74. The van der Waals surface area contributed by atoms with E-state index in [1.165, 1.54) is 36.0 Å². The molecule has 0 saturated carbocycles. The van der Waals surface area contributed by atoms with E-state index >= 15 is 0 Å². The van der Waals surface area contributed by atoms with Crippen LogP contribution in [0.3, 0.4) is 0 Å². The van der Waals surface area contributed by atoms with Crippen LogP contribution < -0.4 is 0 Å². The van der Waals surface area contributed by atoms with Crippen molar-refractivity contribution < 1.29 is 24.2 Å². The lowest BCUT2D eigenvalue weighted by Crippen LogP contribution is -2.44. The molecule has 0 fully saturated rings. The third kappa shape index (κ3) is 11.4. The summed E-state index contributed by atoms with van der Waals surface area (Å²) in [6.07, 6.45) is 7.14. The molecule has 1 aromatic heterocycles. The predicted molar refractivity (Wildman–Crippen MR) is 198 cm³/mol. The van der Waals surface area contributed by atoms with Gasteiger partial charge in [0.2, 0.25) is 0 Å². The third-order valence-corrected chi connectivity index (χ3v) is 10.7. The predicted octanol–water partition coefficient (Wildman–Crippen LogP) is 10.8. The van der Waals surface area contributed by atoms with Gasteiger partial charge >= 0.3 is 5.97 Å². The number of unbranched alkanes of at least 4 members (excludes halogenated alkanes) is 2. The highest BCUT2D eigenvalue weighted by Gasteiger charge is 2.47. The van der Waals surface area contributed by atoms with Gasteiger partial charge in [-0.15, -0.1) is 11.8 Å². The number of carbonyl (C=O) groups excluding carboxylic acids is 1. The highest BCUT2D eigenvalue weighted by atomic mass is 32.2. The molecular weight excluding hydrogens is 605 g/mol. The third-order valence-electron chi connectivity index (χ3n) is 9.60. The standard InChI is InChI=1S/C41H62O5S/c1-10-12-13-16-29-19-22-33(30(11-2)25-29)37-26-31-20-21-32(27-36(31)46-37)47-24-15-18-35(43)34(42)17-14-23-45-38(44)41(9,40(6,7)8)28-39(3,4)5/h19-22,25-27,34-35,42-43H,10-18,23-24,28H2,1-9H3. The Kier molecular flexibility index (Phi) is 14.5. The summed E-state index contributed by atoms with van der Waals surface area (Å²) in [4.78, 5) is 14.3. The lowest BCUT2D eigenvalue weighted by Gasteiger charge is -2.43. The summed E-state index contributed by atoms with van der Waals surface area (Å²) in [6.45, 7) is 19.4. The number of aryl methyl sites for hydroxylation is 2. The maximum atomic E-state index is 13.1. The van der Waals surface area contributed by atoms with Gasteiger partial charge in [-0.3, -0.25) is 4.79 Å². The molecule has 0 aliphatic heterocycles. The van der Waals surface area contributed by atoms with Crippen LogP contribution in [0.5, 0.6) is 0 Å². The summed E-state index contributed by atoms with van der Waals surface area (Å²) in [6, 6.07) is 15.3. The zero-order valence-corrected chi connectivity index (χ0v) is 31.5. The van der Waals surface area contributed by atoms with Gasteiger partial charge in [-0.1, -0.05) is 86.4 Å². The second-order valence-corrected chi connectivity index (χ2v) is 17.0. The normalized spacial score (nSPS) is 15.0. The highest BCUT2D eigenvalue weighted by Crippen LogP contribution is 2.47. The van der Waals surface area contributed by atoms with Gasteiger partial charge < -0.3 is 19.4 Å². The minimum atomic E-state index is -0.835. The number of thioether (sulfide) groups is 1. The maximum absolute atomic E-state index is 13.1. The van der Waals surface area contributed by atoms with E-state index in [2.05, 4.69) is 97.9 Å². The average Bonchev–Trinajstić information content (AvgIpc) is 3.43. The smallest absolute Gasteiger partial charge is 0.312 e. The average molecular weight is 667 g/mol. The molecule has 0 spiro atoms. The highest BCUT2D eigenvalue weighted by molar-refractivity contribution is 7.99. The molecule has 3 aromatic rings. The minimum Gasteiger partial charge on any atom is -0.465 e. The number of hydrogen-bond acceptors (Lipinski definition) is 6. The molecular formula is C41H62O5S. The molecule has 5 nitrogen and oxygen atoms in total. The van der Waals surface area contributed by atoms with Crippen LogP contribution in [-0.2, 0) is 22.4 Å². The Morgan fingerprint density at radius 3 is 2.21 bits per heavy atom. The van der Waals surface area contributed by atoms with E-state index < -0.39 is 17.6 Å². The molecule has 0 saturated heterocycles. The molecule has 6 heteroatoms. The first-order valence-electron chi connectivity index (χ1n) is 17.9. The molecule has 3 atom stereocenters. The fourth-order valence-electron chi connectivity index (χ4n) is 6.34. The monoisotopic (exact) mass is 666 g/mol. The molecule has 3 unspecified atom stereocenters. The first-order valence-corrected chi connectivity index (χ1v) is 18.9. The SMILES string of the molecule is CCCCCc1ccc(-c2cc3ccc(SCCCC(O)C(O)CCCOC(=O)C(C)(CC(C)(C)C)C(C)(C)C)cc3o2)c(CC)c1. The van der Waals surface area contributed by atoms with Crippen LogP contribution in [0.15, 0.2) is 51.8 Å². The molecule has 1 heterocycles. The lowest BCUT2D eigenvalue weighted by molar-refractivity contribution is -0.165. The lowest BCUT2D eigenvalue weighted by atomic mass is 9.61. The topological polar surface area (TPSA) is 79.9 Å². The zero-order valence-electron chi connectivity index (χ0n) is 30.7. The molecule has 262 valence electrons. The quantitative estimate of drug-likeness (QED) is 0.0799. The molecule has 47 heavy (non-hydrogen) atoms. The Morgan fingerprint density at radius 1 is 0.872 bits per heavy atom. The molecule has 0 bridgehead atoms. The Balaban J connectivity index is 1.45. The van der Waals surface area contributed by atoms with Crippen molar-refractivity contribution in [2.45, 2.75) is 144 Å². The number of hydrogen-bond donors (Lipinski definition) is 2. The molecule has 2 aromatic carbocycles. The Morgan fingerprint density at radius 2 is 1.57 bits per heavy atom. The van der Waals surface area contributed by atoms with E-state index in [1.54, 1.807) is 11.8 Å². The summed E-state index contributed by atoms with van der Waals surface area (Å²) in [5.41, 5.74) is 3.94. The van der Waals surface area contributed by atoms with Crippen LogP contribution in [0.2, 0.25) is 0 Å². The van der Waals surface area contributed by atoms with Gasteiger partial charge in [-0.05, 0) is 110 Å². The van der Waals surface area contributed by atoms with Gasteiger partial charge in [-0.25, -0.2) is 0 Å². The molecule has 0 radical (unpaired) electrons. The number of esters is 1. The van der Waals surface area contributed by atoms with Crippen LogP contribution in [0.25, 0.3) is 22.3 Å². The first kappa shape index (κ1) is 39.2. The van der Waals surface area contributed by atoms with Crippen LogP contribution in [0.4, 0.5) is 0 Å². The number of furan rings is 1. The van der Waals surface area contributed by atoms with Crippen molar-refractivity contribution in [2.24, 2.45) is 16.2 Å². The van der Waals surface area contributed by atoms with Crippen LogP contribution in [0.1, 0.15) is 125 Å². The van der Waals surface area contributed by atoms with Gasteiger partial charge in [-0.2, -0.15) is 0 Å². The Bertz CT molecular complexity index is 1410. The van der Waals surface area contributed by atoms with Crippen molar-refractivity contribution in [1.29, 1.82) is 0 Å². The second-order valence-electron chi connectivity index (χ2n) is 15.8. The zero-order chi connectivity index (χ0) is 34.8. The van der Waals surface area contributed by atoms with Gasteiger partial charge in [0, 0.05) is 15.8 Å². The fourth-order valence-corrected chi connectivity index (χ4v) is 7.24.